The number of likely N-dealkylation sites (N-methyl/N-ethyl adjacent to an activating group) is 1. The van der Waals surface area contributed by atoms with Crippen molar-refractivity contribution in [2.45, 2.75) is 47.5 Å². The van der Waals surface area contributed by atoms with Crippen LogP contribution in [0, 0.1) is 22.2 Å². The molecule has 0 aliphatic rings. The zero-order chi connectivity index (χ0) is 29.2. The van der Waals surface area contributed by atoms with E-state index in [9.17, 15) is 4.79 Å². The lowest BCUT2D eigenvalue weighted by molar-refractivity contribution is -0.155. The van der Waals surface area contributed by atoms with Gasteiger partial charge in [-0.05, 0) is 98.5 Å². The number of carbonyl (C=O) groups excluding carboxylic acids is 1. The fourth-order valence-electron chi connectivity index (χ4n) is 4.19. The molecule has 0 aromatic heterocycles. The molecule has 0 unspecified atom stereocenters. The molecule has 0 radical (unpaired) electrons. The van der Waals surface area contributed by atoms with Crippen LogP contribution in [0.3, 0.4) is 0 Å². The minimum Gasteiger partial charge on any atom is -0.463 e. The number of ether oxygens (including phenoxy) is 1. The van der Waals surface area contributed by atoms with Crippen molar-refractivity contribution in [2.24, 2.45) is 31.3 Å². The highest BCUT2D eigenvalue weighted by atomic mass is 16.5. The number of azo groups is 2. The number of esters is 1. The summed E-state index contributed by atoms with van der Waals surface area (Å²) in [5, 5.41) is 25.9. The van der Waals surface area contributed by atoms with Gasteiger partial charge in [0.25, 0.3) is 0 Å². The maximum atomic E-state index is 12.7. The molecule has 40 heavy (non-hydrogen) atoms. The van der Waals surface area contributed by atoms with Crippen molar-refractivity contribution in [1.82, 2.24) is 0 Å². The van der Waals surface area contributed by atoms with Crippen LogP contribution in [0.25, 0.3) is 0 Å². The van der Waals surface area contributed by atoms with Crippen LogP contribution in [0.15, 0.2) is 93.3 Å². The van der Waals surface area contributed by atoms with E-state index in [4.69, 9.17) is 10.00 Å². The molecule has 3 aromatic carbocycles. The Bertz CT molecular complexity index is 1350. The molecular weight excluding hydrogens is 500 g/mol. The van der Waals surface area contributed by atoms with Crippen molar-refractivity contribution in [3.05, 3.63) is 78.4 Å². The predicted molar refractivity (Wildman–Crippen MR) is 159 cm³/mol. The third-order valence-corrected chi connectivity index (χ3v) is 6.79. The van der Waals surface area contributed by atoms with E-state index in [1.165, 1.54) is 0 Å². The number of hydrogen-bond donors (Lipinski definition) is 0. The monoisotopic (exact) mass is 538 g/mol. The zero-order valence-corrected chi connectivity index (χ0v) is 24.3. The van der Waals surface area contributed by atoms with E-state index >= 15 is 0 Å². The van der Waals surface area contributed by atoms with Gasteiger partial charge < -0.3 is 9.64 Å². The van der Waals surface area contributed by atoms with Crippen LogP contribution in [0.5, 0.6) is 0 Å². The molecule has 8 heteroatoms. The van der Waals surface area contributed by atoms with Gasteiger partial charge in [0.15, 0.2) is 0 Å². The second kappa shape index (κ2) is 13.6. The molecule has 3 aromatic rings. The van der Waals surface area contributed by atoms with Gasteiger partial charge >= 0.3 is 5.97 Å². The molecule has 0 N–H and O–H groups in total. The van der Waals surface area contributed by atoms with Gasteiger partial charge in [0, 0.05) is 12.7 Å². The number of nitrogens with zero attached hydrogens (tertiary/aromatic N) is 6. The predicted octanol–water partition coefficient (Wildman–Crippen LogP) is 9.22. The normalized spacial score (nSPS) is 12.0. The second-order valence-electron chi connectivity index (χ2n) is 11.2. The summed E-state index contributed by atoms with van der Waals surface area (Å²) in [6, 6.07) is 24.0. The maximum Gasteiger partial charge on any atom is 0.311 e. The number of carbonyl (C=O) groups is 1. The third-order valence-electron chi connectivity index (χ3n) is 6.79. The summed E-state index contributed by atoms with van der Waals surface area (Å²) in [6.07, 6.45) is 1.81. The molecule has 0 bridgehead atoms. The lowest BCUT2D eigenvalue weighted by Crippen LogP contribution is -2.34. The molecule has 0 heterocycles. The number of rotatable bonds is 12. The molecule has 0 aliphatic carbocycles. The van der Waals surface area contributed by atoms with Crippen LogP contribution >= 0.6 is 0 Å². The molecule has 8 nitrogen and oxygen atoms in total. The van der Waals surface area contributed by atoms with E-state index in [0.717, 1.165) is 24.2 Å². The van der Waals surface area contributed by atoms with Crippen LogP contribution in [0.1, 0.15) is 53.0 Å². The Kier molecular flexibility index (Phi) is 10.3. The van der Waals surface area contributed by atoms with Gasteiger partial charge in [-0.25, -0.2) is 0 Å². The quantitative estimate of drug-likeness (QED) is 0.169. The van der Waals surface area contributed by atoms with Gasteiger partial charge in [0.05, 0.1) is 46.3 Å². The van der Waals surface area contributed by atoms with Crippen molar-refractivity contribution < 1.29 is 9.53 Å². The fourth-order valence-corrected chi connectivity index (χ4v) is 4.19. The second-order valence-corrected chi connectivity index (χ2v) is 11.2. The number of nitriles is 1. The lowest BCUT2D eigenvalue weighted by atomic mass is 9.74. The highest BCUT2D eigenvalue weighted by Gasteiger charge is 2.35. The van der Waals surface area contributed by atoms with Crippen molar-refractivity contribution >= 4 is 34.4 Å². The molecule has 0 fully saturated rings. The first-order valence-electron chi connectivity index (χ1n) is 13.4. The van der Waals surface area contributed by atoms with Crippen molar-refractivity contribution in [3.8, 4) is 6.07 Å². The van der Waals surface area contributed by atoms with E-state index < -0.39 is 5.41 Å². The summed E-state index contributed by atoms with van der Waals surface area (Å²) in [5.41, 5.74) is 3.96. The van der Waals surface area contributed by atoms with Gasteiger partial charge in [0.2, 0.25) is 0 Å². The first-order chi connectivity index (χ1) is 19.0. The van der Waals surface area contributed by atoms with Gasteiger partial charge in [-0.2, -0.15) is 25.7 Å². The highest BCUT2D eigenvalue weighted by Crippen LogP contribution is 2.36. The van der Waals surface area contributed by atoms with E-state index in [0.29, 0.717) is 35.8 Å². The average molecular weight is 539 g/mol. The molecule has 0 amide bonds. The topological polar surface area (TPSA) is 103 Å². The molecule has 0 saturated carbocycles. The lowest BCUT2D eigenvalue weighted by Gasteiger charge is -2.32. The van der Waals surface area contributed by atoms with Gasteiger partial charge in [0.1, 0.15) is 6.61 Å². The first-order valence-corrected chi connectivity index (χ1v) is 13.4. The van der Waals surface area contributed by atoms with Gasteiger partial charge in [-0.15, -0.1) is 0 Å². The third kappa shape index (κ3) is 9.12. The Hall–Kier alpha value is -4.38. The van der Waals surface area contributed by atoms with E-state index in [2.05, 4.69) is 47.3 Å². The highest BCUT2D eigenvalue weighted by molar-refractivity contribution is 5.76. The van der Waals surface area contributed by atoms with Crippen LogP contribution in [-0.2, 0) is 9.53 Å². The Balaban J connectivity index is 1.48. The molecule has 0 saturated heterocycles. The minimum absolute atomic E-state index is 0.0991. The summed E-state index contributed by atoms with van der Waals surface area (Å²) >= 11 is 0. The summed E-state index contributed by atoms with van der Waals surface area (Å²) in [6.45, 7) is 11.4. The molecule has 0 atom stereocenters. The average Bonchev–Trinajstić information content (AvgIpc) is 2.95. The van der Waals surface area contributed by atoms with Gasteiger partial charge in [-0.1, -0.05) is 27.2 Å². The SMILES string of the molecule is CCC(C)(C)CC(C)(C)C(=O)OCCN(C)c1ccc(N=Nc2ccc(N=Nc3ccc(C#N)cc3)cc2)cc1. The van der Waals surface area contributed by atoms with Crippen LogP contribution in [-0.4, -0.2) is 26.2 Å². The van der Waals surface area contributed by atoms with Gasteiger partial charge in [-0.3, -0.25) is 4.79 Å². The van der Waals surface area contributed by atoms with Crippen LogP contribution < -0.4 is 4.90 Å². The Morgan fingerprint density at radius 2 is 1.23 bits per heavy atom. The minimum atomic E-state index is -0.513. The van der Waals surface area contributed by atoms with E-state index in [1.54, 1.807) is 24.3 Å². The van der Waals surface area contributed by atoms with Crippen LogP contribution in [0.4, 0.5) is 28.4 Å². The van der Waals surface area contributed by atoms with E-state index in [1.807, 2.05) is 74.3 Å². The van der Waals surface area contributed by atoms with E-state index in [-0.39, 0.29) is 11.4 Å². The summed E-state index contributed by atoms with van der Waals surface area (Å²) < 4.78 is 5.62. The first kappa shape index (κ1) is 30.2. The van der Waals surface area contributed by atoms with Crippen molar-refractivity contribution in [3.63, 3.8) is 0 Å². The standard InChI is InChI=1S/C32H38N6O2/c1-7-31(2,3)23-32(4,5)30(39)40-21-20-38(6)29-18-16-28(17-19-29)37-36-27-14-12-26(13-15-27)35-34-25-10-8-24(22-33)9-11-25/h8-19H,7,20-21,23H2,1-6H3. The maximum absolute atomic E-state index is 12.7. The largest absolute Gasteiger partial charge is 0.463 e. The zero-order valence-electron chi connectivity index (χ0n) is 24.3. The summed E-state index contributed by atoms with van der Waals surface area (Å²) in [4.78, 5) is 14.7. The Labute approximate surface area is 237 Å². The van der Waals surface area contributed by atoms with Crippen LogP contribution in [0.2, 0.25) is 0 Å². The molecule has 0 spiro atoms. The molecule has 3 rings (SSSR count). The molecule has 0 aliphatic heterocycles. The smallest absolute Gasteiger partial charge is 0.311 e. The Morgan fingerprint density at radius 3 is 1.65 bits per heavy atom. The molecular formula is C32H38N6O2. The van der Waals surface area contributed by atoms with Crippen molar-refractivity contribution in [1.29, 1.82) is 5.26 Å². The number of anilines is 1. The summed E-state index contributed by atoms with van der Waals surface area (Å²) in [7, 11) is 1.97. The summed E-state index contributed by atoms with van der Waals surface area (Å²) in [5.74, 6) is -0.152. The molecule has 208 valence electrons. The number of hydrogen-bond acceptors (Lipinski definition) is 8. The van der Waals surface area contributed by atoms with Crippen molar-refractivity contribution in [2.75, 3.05) is 25.1 Å². The Morgan fingerprint density at radius 1 is 0.800 bits per heavy atom. The fraction of sp³-hybridized carbons (Fsp3) is 0.375. The number of benzene rings is 3.